The first-order chi connectivity index (χ1) is 17.1. The number of benzene rings is 1. The summed E-state index contributed by atoms with van der Waals surface area (Å²) in [7, 11) is 0. The second kappa shape index (κ2) is 16.4. The van der Waals surface area contributed by atoms with Gasteiger partial charge < -0.3 is 30.6 Å². The predicted molar refractivity (Wildman–Crippen MR) is 126 cm³/mol. The van der Waals surface area contributed by atoms with Gasteiger partial charge in [0.25, 0.3) is 0 Å². The van der Waals surface area contributed by atoms with Crippen LogP contribution >= 0.6 is 0 Å². The maximum absolute atomic E-state index is 9.10. The van der Waals surface area contributed by atoms with E-state index in [0.29, 0.717) is 13.0 Å². The molecular weight excluding hydrogens is 474 g/mol. The number of nitrogens with one attached hydrogen (secondary N) is 1. The molecule has 0 unspecified atom stereocenters. The molecule has 1 saturated heterocycles. The SMILES string of the molecule is N#CCCn1cc(CNCCN2CCCC2)c(-c2ccccc2)n1.O=C(O)C(=O)O.O=C(O)C(=O)O. The summed E-state index contributed by atoms with van der Waals surface area (Å²) in [6.45, 7) is 6.04. The van der Waals surface area contributed by atoms with Gasteiger partial charge in [0.1, 0.15) is 0 Å². The zero-order chi connectivity index (χ0) is 26.9. The van der Waals surface area contributed by atoms with Gasteiger partial charge in [-0.05, 0) is 25.9 Å². The van der Waals surface area contributed by atoms with Gasteiger partial charge in [0.2, 0.25) is 0 Å². The Hall–Kier alpha value is -4.28. The number of likely N-dealkylation sites (tertiary alicyclic amines) is 1. The van der Waals surface area contributed by atoms with Crippen molar-refractivity contribution < 1.29 is 39.6 Å². The molecule has 1 aromatic heterocycles. The topological polar surface area (TPSA) is 206 Å². The zero-order valence-corrected chi connectivity index (χ0v) is 19.5. The molecule has 2 heterocycles. The summed E-state index contributed by atoms with van der Waals surface area (Å²) < 4.78 is 1.89. The summed E-state index contributed by atoms with van der Waals surface area (Å²) in [4.78, 5) is 38.9. The van der Waals surface area contributed by atoms with Crippen LogP contribution in [0.1, 0.15) is 24.8 Å². The standard InChI is InChI=1S/C19H25N5.2C2H2O4/c20-9-6-13-24-16-18(15-21-10-14-23-11-4-5-12-23)19(22-24)17-7-2-1-3-8-17;2*3-1(4)2(5)6/h1-3,7-8,16,21H,4-6,10-15H2;2*(H,3,4)(H,5,6). The van der Waals surface area contributed by atoms with Crippen LogP contribution in [0.3, 0.4) is 0 Å². The molecule has 2 aromatic rings. The Kier molecular flexibility index (Phi) is 13.5. The molecule has 0 amide bonds. The number of aromatic nitrogens is 2. The van der Waals surface area contributed by atoms with Gasteiger partial charge >= 0.3 is 23.9 Å². The van der Waals surface area contributed by atoms with Crippen molar-refractivity contribution in [1.29, 1.82) is 5.26 Å². The molecule has 0 atom stereocenters. The molecule has 0 saturated carbocycles. The fourth-order valence-electron chi connectivity index (χ4n) is 3.18. The van der Waals surface area contributed by atoms with E-state index in [1.807, 2.05) is 22.9 Å². The van der Waals surface area contributed by atoms with E-state index < -0.39 is 23.9 Å². The van der Waals surface area contributed by atoms with Crippen LogP contribution in [0.2, 0.25) is 0 Å². The molecule has 13 nitrogen and oxygen atoms in total. The first kappa shape index (κ1) is 29.8. The van der Waals surface area contributed by atoms with Gasteiger partial charge in [0.05, 0.1) is 24.7 Å². The Morgan fingerprint density at radius 2 is 1.47 bits per heavy atom. The number of nitrogens with zero attached hydrogens (tertiary/aromatic N) is 4. The van der Waals surface area contributed by atoms with Crippen LogP contribution in [-0.2, 0) is 32.3 Å². The molecule has 0 bridgehead atoms. The Balaban J connectivity index is 0.000000450. The van der Waals surface area contributed by atoms with Crippen molar-refractivity contribution in [1.82, 2.24) is 20.0 Å². The van der Waals surface area contributed by atoms with E-state index in [4.69, 9.17) is 44.9 Å². The number of carboxylic acids is 4. The average Bonchev–Trinajstić information content (AvgIpc) is 3.52. The maximum Gasteiger partial charge on any atom is 0.414 e. The summed E-state index contributed by atoms with van der Waals surface area (Å²) in [5.74, 6) is -7.30. The zero-order valence-electron chi connectivity index (χ0n) is 19.5. The minimum atomic E-state index is -1.82. The van der Waals surface area contributed by atoms with Crippen LogP contribution in [0.25, 0.3) is 11.3 Å². The predicted octanol–water partition coefficient (Wildman–Crippen LogP) is 0.960. The van der Waals surface area contributed by atoms with Gasteiger partial charge in [-0.3, -0.25) is 4.68 Å². The molecule has 0 spiro atoms. The molecular formula is C23H29N5O8. The Bertz CT molecular complexity index is 995. The van der Waals surface area contributed by atoms with Gasteiger partial charge in [-0.15, -0.1) is 0 Å². The summed E-state index contributed by atoms with van der Waals surface area (Å²) >= 11 is 0. The lowest BCUT2D eigenvalue weighted by Gasteiger charge is -2.14. The largest absolute Gasteiger partial charge is 0.473 e. The van der Waals surface area contributed by atoms with Gasteiger partial charge in [-0.25, -0.2) is 19.2 Å². The van der Waals surface area contributed by atoms with E-state index in [1.54, 1.807) is 0 Å². The first-order valence-corrected chi connectivity index (χ1v) is 11.0. The van der Waals surface area contributed by atoms with Crippen LogP contribution in [0.15, 0.2) is 36.5 Å². The van der Waals surface area contributed by atoms with Gasteiger partial charge in [0, 0.05) is 37.0 Å². The number of hydrogen-bond donors (Lipinski definition) is 5. The molecule has 1 aliphatic rings. The van der Waals surface area contributed by atoms with Crippen molar-refractivity contribution in [2.45, 2.75) is 32.4 Å². The molecule has 1 aliphatic heterocycles. The molecule has 1 fully saturated rings. The third-order valence-electron chi connectivity index (χ3n) is 4.82. The second-order valence-corrected chi connectivity index (χ2v) is 7.49. The molecule has 5 N–H and O–H groups in total. The Labute approximate surface area is 207 Å². The second-order valence-electron chi connectivity index (χ2n) is 7.49. The highest BCUT2D eigenvalue weighted by atomic mass is 16.4. The summed E-state index contributed by atoms with van der Waals surface area (Å²) in [5.41, 5.74) is 3.34. The van der Waals surface area contributed by atoms with Crippen LogP contribution in [0.5, 0.6) is 0 Å². The minimum Gasteiger partial charge on any atom is -0.473 e. The number of hydrogen-bond acceptors (Lipinski definition) is 8. The molecule has 13 heteroatoms. The van der Waals surface area contributed by atoms with Gasteiger partial charge in [0.15, 0.2) is 0 Å². The monoisotopic (exact) mass is 503 g/mol. The highest BCUT2D eigenvalue weighted by molar-refractivity contribution is 6.27. The molecule has 1 aromatic carbocycles. The molecule has 0 radical (unpaired) electrons. The van der Waals surface area contributed by atoms with E-state index in [1.165, 1.54) is 31.5 Å². The minimum absolute atomic E-state index is 0.484. The third kappa shape index (κ3) is 11.7. The smallest absolute Gasteiger partial charge is 0.414 e. The normalized spacial score (nSPS) is 12.3. The maximum atomic E-state index is 9.10. The number of aryl methyl sites for hydroxylation is 1. The highest BCUT2D eigenvalue weighted by Gasteiger charge is 2.13. The average molecular weight is 504 g/mol. The number of carboxylic acid groups (broad SMARTS) is 4. The van der Waals surface area contributed by atoms with Crippen LogP contribution in [0.4, 0.5) is 0 Å². The van der Waals surface area contributed by atoms with Gasteiger partial charge in [-0.2, -0.15) is 10.4 Å². The van der Waals surface area contributed by atoms with Crippen molar-refractivity contribution in [3.05, 3.63) is 42.1 Å². The lowest BCUT2D eigenvalue weighted by molar-refractivity contribution is -0.159. The van der Waals surface area contributed by atoms with E-state index in [9.17, 15) is 0 Å². The van der Waals surface area contributed by atoms with Crippen LogP contribution in [0, 0.1) is 11.3 Å². The van der Waals surface area contributed by atoms with E-state index in [2.05, 4.69) is 39.7 Å². The van der Waals surface area contributed by atoms with Crippen LogP contribution in [-0.4, -0.2) is 85.2 Å². The van der Waals surface area contributed by atoms with Gasteiger partial charge in [-0.1, -0.05) is 30.3 Å². The Morgan fingerprint density at radius 3 is 1.97 bits per heavy atom. The van der Waals surface area contributed by atoms with E-state index in [-0.39, 0.29) is 0 Å². The number of carbonyl (C=O) groups is 4. The third-order valence-corrected chi connectivity index (χ3v) is 4.82. The lowest BCUT2D eigenvalue weighted by Crippen LogP contribution is -2.29. The molecule has 36 heavy (non-hydrogen) atoms. The van der Waals surface area contributed by atoms with E-state index >= 15 is 0 Å². The molecule has 3 rings (SSSR count). The van der Waals surface area contributed by atoms with Crippen molar-refractivity contribution >= 4 is 23.9 Å². The fourth-order valence-corrected chi connectivity index (χ4v) is 3.18. The number of nitriles is 1. The van der Waals surface area contributed by atoms with Crippen molar-refractivity contribution in [2.24, 2.45) is 0 Å². The van der Waals surface area contributed by atoms with E-state index in [0.717, 1.165) is 30.9 Å². The summed E-state index contributed by atoms with van der Waals surface area (Å²) in [6, 6.07) is 12.5. The quantitative estimate of drug-likeness (QED) is 0.252. The summed E-state index contributed by atoms with van der Waals surface area (Å²) in [5, 5.41) is 46.6. The number of aliphatic carboxylic acids is 4. The lowest BCUT2D eigenvalue weighted by atomic mass is 10.1. The summed E-state index contributed by atoms with van der Waals surface area (Å²) in [6.07, 6.45) is 5.23. The molecule has 194 valence electrons. The molecule has 0 aliphatic carbocycles. The van der Waals surface area contributed by atoms with Crippen LogP contribution < -0.4 is 5.32 Å². The van der Waals surface area contributed by atoms with Crippen molar-refractivity contribution in [3.63, 3.8) is 0 Å². The Morgan fingerprint density at radius 1 is 0.917 bits per heavy atom. The van der Waals surface area contributed by atoms with Crippen molar-refractivity contribution in [2.75, 3.05) is 26.2 Å². The fraction of sp³-hybridized carbons (Fsp3) is 0.391. The first-order valence-electron chi connectivity index (χ1n) is 11.0. The highest BCUT2D eigenvalue weighted by Crippen LogP contribution is 2.22. The van der Waals surface area contributed by atoms with Crippen molar-refractivity contribution in [3.8, 4) is 17.3 Å². The number of rotatable bonds is 8.